The number of benzene rings is 9. The molecule has 66 heavy (non-hydrogen) atoms. The van der Waals surface area contributed by atoms with Crippen molar-refractivity contribution in [3.05, 3.63) is 206 Å². The van der Waals surface area contributed by atoms with Crippen LogP contribution in [0.2, 0.25) is 0 Å². The van der Waals surface area contributed by atoms with E-state index in [-0.39, 0.29) is 11.6 Å². The predicted molar refractivity (Wildman–Crippen MR) is 261 cm³/mol. The number of hydrogen-bond acceptors (Lipinski definition) is 4. The van der Waals surface area contributed by atoms with Gasteiger partial charge in [0.2, 0.25) is 5.95 Å². The van der Waals surface area contributed by atoms with E-state index in [0.29, 0.717) is 50.4 Å². The van der Waals surface area contributed by atoms with Crippen LogP contribution in [0.1, 0.15) is 0 Å². The molecule has 0 aliphatic carbocycles. The van der Waals surface area contributed by atoms with E-state index in [4.69, 9.17) is 18.8 Å². The number of fused-ring (bicyclic) bond motifs is 12. The van der Waals surface area contributed by atoms with Crippen LogP contribution in [0.4, 0.5) is 8.78 Å². The molecule has 6 nitrogen and oxygen atoms in total. The fraction of sp³-hybridized carbons (Fsp3) is 0. The van der Waals surface area contributed by atoms with Gasteiger partial charge in [0, 0.05) is 59.9 Å². The molecule has 310 valence electrons. The lowest BCUT2D eigenvalue weighted by Crippen LogP contribution is -2.04. The first-order valence-electron chi connectivity index (χ1n) is 21.8. The van der Waals surface area contributed by atoms with Gasteiger partial charge < -0.3 is 13.4 Å². The van der Waals surface area contributed by atoms with E-state index in [1.807, 2.05) is 54.6 Å². The monoisotopic (exact) mass is 854 g/mol. The highest BCUT2D eigenvalue weighted by Gasteiger charge is 2.20. The molecule has 0 unspecified atom stereocenters. The van der Waals surface area contributed by atoms with Crippen molar-refractivity contribution < 1.29 is 17.6 Å². The lowest BCUT2D eigenvalue weighted by molar-refractivity contribution is 0.626. The van der Waals surface area contributed by atoms with Crippen LogP contribution >= 0.6 is 0 Å². The molecule has 0 bridgehead atoms. The van der Waals surface area contributed by atoms with Crippen molar-refractivity contribution in [1.82, 2.24) is 19.1 Å². The Balaban J connectivity index is 0.973. The quantitative estimate of drug-likeness (QED) is 0.173. The Bertz CT molecular complexity index is 4190. The predicted octanol–water partition coefficient (Wildman–Crippen LogP) is 15.7. The van der Waals surface area contributed by atoms with Gasteiger partial charge in [0.15, 0.2) is 0 Å². The third-order valence-electron chi connectivity index (χ3n) is 13.1. The highest BCUT2D eigenvalue weighted by molar-refractivity contribution is 6.13. The minimum Gasteiger partial charge on any atom is -0.456 e. The highest BCUT2D eigenvalue weighted by atomic mass is 19.1. The maximum absolute atomic E-state index is 14.6. The molecule has 0 radical (unpaired) electrons. The Hall–Kier alpha value is -8.88. The first-order valence-corrected chi connectivity index (χ1v) is 21.8. The van der Waals surface area contributed by atoms with E-state index in [1.54, 1.807) is 12.1 Å². The topological polar surface area (TPSA) is 61.9 Å². The molecule has 8 heteroatoms. The van der Waals surface area contributed by atoms with Gasteiger partial charge in [0.05, 0.1) is 33.5 Å². The third-order valence-corrected chi connectivity index (χ3v) is 13.1. The summed E-state index contributed by atoms with van der Waals surface area (Å²) in [5.74, 6) is -0.201. The molecule has 0 N–H and O–H groups in total. The summed E-state index contributed by atoms with van der Waals surface area (Å²) in [5.41, 5.74) is 13.0. The lowest BCUT2D eigenvalue weighted by atomic mass is 10.0. The molecule has 0 saturated heterocycles. The number of hydrogen-bond donors (Lipinski definition) is 0. The van der Waals surface area contributed by atoms with Gasteiger partial charge in [-0.25, -0.2) is 18.7 Å². The second-order valence-corrected chi connectivity index (χ2v) is 16.8. The Kier molecular flexibility index (Phi) is 7.66. The molecule has 0 saturated carbocycles. The average Bonchev–Trinajstić information content (AvgIpc) is 4.10. The number of para-hydroxylation sites is 3. The Morgan fingerprint density at radius 2 is 0.727 bits per heavy atom. The highest BCUT2D eigenvalue weighted by Crippen LogP contribution is 2.40. The fourth-order valence-corrected chi connectivity index (χ4v) is 10.0. The number of nitrogens with zero attached hydrogens (tertiary/aromatic N) is 4. The van der Waals surface area contributed by atoms with Crippen molar-refractivity contribution in [3.63, 3.8) is 0 Å². The number of rotatable bonds is 5. The summed E-state index contributed by atoms with van der Waals surface area (Å²) in [4.78, 5) is 10.6. The Morgan fingerprint density at radius 1 is 0.318 bits per heavy atom. The van der Waals surface area contributed by atoms with Crippen molar-refractivity contribution >= 4 is 87.5 Å². The molecular formula is C58H32F2N4O2. The first-order chi connectivity index (χ1) is 32.5. The van der Waals surface area contributed by atoms with E-state index < -0.39 is 0 Å². The molecule has 14 aromatic rings. The van der Waals surface area contributed by atoms with Crippen LogP contribution < -0.4 is 0 Å². The second kappa shape index (κ2) is 13.8. The molecule has 5 aromatic heterocycles. The van der Waals surface area contributed by atoms with E-state index in [9.17, 15) is 8.78 Å². The largest absolute Gasteiger partial charge is 0.456 e. The zero-order chi connectivity index (χ0) is 43.6. The summed E-state index contributed by atoms with van der Waals surface area (Å²) >= 11 is 0. The summed E-state index contributed by atoms with van der Waals surface area (Å²) in [5, 5.41) is 7.44. The Morgan fingerprint density at radius 3 is 1.27 bits per heavy atom. The van der Waals surface area contributed by atoms with Crippen LogP contribution in [0, 0.1) is 11.6 Å². The van der Waals surface area contributed by atoms with Gasteiger partial charge in [-0.05, 0) is 139 Å². The van der Waals surface area contributed by atoms with E-state index in [1.165, 1.54) is 35.0 Å². The number of halogens is 2. The van der Waals surface area contributed by atoms with Crippen molar-refractivity contribution in [1.29, 1.82) is 0 Å². The molecule has 0 aliphatic rings. The van der Waals surface area contributed by atoms with Crippen LogP contribution in [0.15, 0.2) is 203 Å². The molecule has 0 amide bonds. The standard InChI is InChI=1S/C58H32F2N4O2/c59-37-18-24-56-46(30-37)44-28-35(16-22-54(44)65-56)48-32-49(36-17-23-55-45(29-36)47-31-38(60)19-25-57(47)66-55)62-58(61-48)64-51-13-7-5-11-41(51)43-27-34(15-21-53(43)64)33-14-20-52-42(26-33)40-10-4-6-12-50(40)63(52)39-8-2-1-3-9-39/h1-32H. The van der Waals surface area contributed by atoms with Crippen LogP contribution in [-0.2, 0) is 0 Å². The fourth-order valence-electron chi connectivity index (χ4n) is 10.0. The van der Waals surface area contributed by atoms with Gasteiger partial charge in [-0.15, -0.1) is 0 Å². The van der Waals surface area contributed by atoms with Gasteiger partial charge >= 0.3 is 0 Å². The molecule has 0 aliphatic heterocycles. The van der Waals surface area contributed by atoms with Crippen molar-refractivity contribution in [2.24, 2.45) is 0 Å². The van der Waals surface area contributed by atoms with Gasteiger partial charge in [-0.3, -0.25) is 4.57 Å². The molecule has 9 aromatic carbocycles. The molecule has 14 rings (SSSR count). The average molecular weight is 855 g/mol. The van der Waals surface area contributed by atoms with E-state index in [2.05, 4.69) is 112 Å². The maximum Gasteiger partial charge on any atom is 0.235 e. The van der Waals surface area contributed by atoms with Gasteiger partial charge in [0.1, 0.15) is 34.0 Å². The first kappa shape index (κ1) is 36.6. The normalized spacial score (nSPS) is 12.1. The van der Waals surface area contributed by atoms with Gasteiger partial charge in [-0.2, -0.15) is 0 Å². The lowest BCUT2D eigenvalue weighted by Gasteiger charge is -2.12. The van der Waals surface area contributed by atoms with E-state index >= 15 is 0 Å². The zero-order valence-electron chi connectivity index (χ0n) is 34.8. The third kappa shape index (κ3) is 5.51. The van der Waals surface area contributed by atoms with E-state index in [0.717, 1.165) is 71.6 Å². The van der Waals surface area contributed by atoms with Gasteiger partial charge in [0.25, 0.3) is 0 Å². The van der Waals surface area contributed by atoms with Crippen molar-refractivity contribution in [3.8, 4) is 45.3 Å². The smallest absolute Gasteiger partial charge is 0.235 e. The minimum atomic E-state index is -0.338. The minimum absolute atomic E-state index is 0.338. The number of aromatic nitrogens is 4. The summed E-state index contributed by atoms with van der Waals surface area (Å²) < 4.78 is 45.8. The number of furan rings is 2. The van der Waals surface area contributed by atoms with Crippen LogP contribution in [0.3, 0.4) is 0 Å². The SMILES string of the molecule is Fc1ccc2oc3ccc(-c4cc(-c5ccc6oc7ccc(F)cc7c6c5)nc(-n5c6ccccc6c6cc(-c7ccc8c(c7)c7ccccc7n8-c7ccccc7)ccc65)n4)cc3c2c1. The van der Waals surface area contributed by atoms with Crippen LogP contribution in [0.5, 0.6) is 0 Å². The summed E-state index contributed by atoms with van der Waals surface area (Å²) in [6.45, 7) is 0. The molecule has 0 fully saturated rings. The summed E-state index contributed by atoms with van der Waals surface area (Å²) in [6, 6.07) is 63.6. The summed E-state index contributed by atoms with van der Waals surface area (Å²) in [7, 11) is 0. The van der Waals surface area contributed by atoms with Crippen LogP contribution in [-0.4, -0.2) is 19.1 Å². The van der Waals surface area contributed by atoms with Gasteiger partial charge in [-0.1, -0.05) is 66.7 Å². The maximum atomic E-state index is 14.6. The molecule has 0 atom stereocenters. The second-order valence-electron chi connectivity index (χ2n) is 16.8. The van der Waals surface area contributed by atoms with Crippen LogP contribution in [0.25, 0.3) is 133 Å². The Labute approximate surface area is 373 Å². The summed E-state index contributed by atoms with van der Waals surface area (Å²) in [6.07, 6.45) is 0. The molecular weight excluding hydrogens is 823 g/mol. The zero-order valence-corrected chi connectivity index (χ0v) is 34.8. The van der Waals surface area contributed by atoms with Crippen molar-refractivity contribution in [2.75, 3.05) is 0 Å². The molecule has 0 spiro atoms. The molecule has 5 heterocycles. The van der Waals surface area contributed by atoms with Crippen molar-refractivity contribution in [2.45, 2.75) is 0 Å².